The normalized spacial score (nSPS) is 11.6. The van der Waals surface area contributed by atoms with Gasteiger partial charge in [-0.1, -0.05) is 12.1 Å². The van der Waals surface area contributed by atoms with Crippen molar-refractivity contribution >= 4 is 29.1 Å². The predicted octanol–water partition coefficient (Wildman–Crippen LogP) is 3.96. The number of aryl methyl sites for hydroxylation is 1. The maximum absolute atomic E-state index is 12.3. The van der Waals surface area contributed by atoms with Crippen molar-refractivity contribution in [1.82, 2.24) is 0 Å². The van der Waals surface area contributed by atoms with Crippen LogP contribution >= 0.6 is 23.4 Å². The van der Waals surface area contributed by atoms with Gasteiger partial charge in [0.05, 0.1) is 5.88 Å². The van der Waals surface area contributed by atoms with Crippen molar-refractivity contribution in [3.8, 4) is 0 Å². The summed E-state index contributed by atoms with van der Waals surface area (Å²) in [6.45, 7) is 1.70. The first kappa shape index (κ1) is 14.4. The van der Waals surface area contributed by atoms with Crippen LogP contribution in [0.15, 0.2) is 23.1 Å². The third-order valence-corrected chi connectivity index (χ3v) is 3.11. The number of benzene rings is 1. The molecular weight excluding hydrogens is 273 g/mol. The molecule has 0 aromatic heterocycles. The van der Waals surface area contributed by atoms with E-state index in [1.807, 2.05) is 0 Å². The minimum atomic E-state index is -4.35. The second-order valence-electron chi connectivity index (χ2n) is 3.51. The molecule has 0 heterocycles. The summed E-state index contributed by atoms with van der Waals surface area (Å²) in [7, 11) is 0. The van der Waals surface area contributed by atoms with Crippen molar-refractivity contribution in [3.05, 3.63) is 29.3 Å². The van der Waals surface area contributed by atoms with E-state index in [1.54, 1.807) is 13.0 Å². The van der Waals surface area contributed by atoms with Crippen LogP contribution in [0.25, 0.3) is 0 Å². The van der Waals surface area contributed by atoms with Crippen molar-refractivity contribution in [2.45, 2.75) is 23.7 Å². The zero-order valence-corrected chi connectivity index (χ0v) is 10.5. The molecule has 0 N–H and O–H groups in total. The van der Waals surface area contributed by atoms with Gasteiger partial charge < -0.3 is 0 Å². The number of thioether (sulfide) groups is 1. The molecule has 1 nitrogen and oxygen atoms in total. The molecule has 0 saturated heterocycles. The summed E-state index contributed by atoms with van der Waals surface area (Å²) in [5.41, 5.74) is -3.27. The molecule has 0 saturated carbocycles. The molecule has 6 heteroatoms. The lowest BCUT2D eigenvalue weighted by Gasteiger charge is -2.11. The fourth-order valence-electron chi connectivity index (χ4n) is 1.29. The summed E-state index contributed by atoms with van der Waals surface area (Å²) in [6, 6.07) is 4.64. The van der Waals surface area contributed by atoms with Crippen LogP contribution in [0.1, 0.15) is 11.1 Å². The Morgan fingerprint density at radius 2 is 2.06 bits per heavy atom. The molecule has 1 rings (SSSR count). The topological polar surface area (TPSA) is 17.1 Å². The molecular formula is C11H10ClF3OS. The van der Waals surface area contributed by atoms with Crippen molar-refractivity contribution < 1.29 is 18.0 Å². The third kappa shape index (κ3) is 5.00. The Labute approximate surface area is 106 Å². The van der Waals surface area contributed by atoms with Gasteiger partial charge in [-0.25, -0.2) is 0 Å². The van der Waals surface area contributed by atoms with E-state index in [-0.39, 0.29) is 34.7 Å². The smallest absolute Gasteiger partial charge is 0.298 e. The van der Waals surface area contributed by atoms with Gasteiger partial charge in [-0.15, -0.1) is 11.6 Å². The van der Waals surface area contributed by atoms with E-state index in [0.29, 0.717) is 5.56 Å². The SMILES string of the molecule is Cc1ccc(CC(=O)CCl)c(SC(F)(F)F)c1. The van der Waals surface area contributed by atoms with E-state index >= 15 is 0 Å². The number of hydrogen-bond donors (Lipinski definition) is 0. The van der Waals surface area contributed by atoms with Gasteiger partial charge in [-0.3, -0.25) is 4.79 Å². The summed E-state index contributed by atoms with van der Waals surface area (Å²) < 4.78 is 37.0. The quantitative estimate of drug-likeness (QED) is 0.614. The number of ketones is 1. The minimum absolute atomic E-state index is 0.0657. The van der Waals surface area contributed by atoms with Gasteiger partial charge in [0.2, 0.25) is 0 Å². The van der Waals surface area contributed by atoms with Gasteiger partial charge in [0.15, 0.2) is 5.78 Å². The Morgan fingerprint density at radius 1 is 1.41 bits per heavy atom. The summed E-state index contributed by atoms with van der Waals surface area (Å²) in [5.74, 6) is -0.483. The highest BCUT2D eigenvalue weighted by Crippen LogP contribution is 2.39. The molecule has 0 bridgehead atoms. The van der Waals surface area contributed by atoms with E-state index in [9.17, 15) is 18.0 Å². The number of halogens is 4. The molecule has 0 radical (unpaired) electrons. The maximum Gasteiger partial charge on any atom is 0.446 e. The molecule has 0 atom stereocenters. The molecule has 1 aromatic carbocycles. The zero-order chi connectivity index (χ0) is 13.1. The average Bonchev–Trinajstić information content (AvgIpc) is 2.19. The number of alkyl halides is 4. The second kappa shape index (κ2) is 5.78. The molecule has 0 spiro atoms. The van der Waals surface area contributed by atoms with Crippen LogP contribution in [-0.4, -0.2) is 17.2 Å². The second-order valence-corrected chi connectivity index (χ2v) is 4.88. The predicted molar refractivity (Wildman–Crippen MR) is 62.5 cm³/mol. The third-order valence-electron chi connectivity index (χ3n) is 1.99. The van der Waals surface area contributed by atoms with Crippen LogP contribution in [-0.2, 0) is 11.2 Å². The van der Waals surface area contributed by atoms with Crippen LogP contribution in [0.5, 0.6) is 0 Å². The van der Waals surface area contributed by atoms with E-state index in [0.717, 1.165) is 5.56 Å². The summed E-state index contributed by atoms with van der Waals surface area (Å²) in [4.78, 5) is 11.2. The first-order chi connectivity index (χ1) is 7.81. The van der Waals surface area contributed by atoms with Crippen molar-refractivity contribution in [2.24, 2.45) is 0 Å². The Balaban J connectivity index is 2.99. The van der Waals surface area contributed by atoms with Gasteiger partial charge >= 0.3 is 5.51 Å². The lowest BCUT2D eigenvalue weighted by Crippen LogP contribution is -2.07. The van der Waals surface area contributed by atoms with E-state index in [4.69, 9.17) is 11.6 Å². The highest BCUT2D eigenvalue weighted by atomic mass is 35.5. The van der Waals surface area contributed by atoms with Crippen molar-refractivity contribution in [1.29, 1.82) is 0 Å². The van der Waals surface area contributed by atoms with Gasteiger partial charge in [0.25, 0.3) is 0 Å². The molecule has 0 aliphatic carbocycles. The minimum Gasteiger partial charge on any atom is -0.298 e. The van der Waals surface area contributed by atoms with E-state index < -0.39 is 5.51 Å². The van der Waals surface area contributed by atoms with Gasteiger partial charge in [0, 0.05) is 11.3 Å². The fraction of sp³-hybridized carbons (Fsp3) is 0.364. The Bertz CT molecular complexity index is 418. The summed E-state index contributed by atoms with van der Waals surface area (Å²) >= 11 is 5.14. The van der Waals surface area contributed by atoms with Gasteiger partial charge in [0.1, 0.15) is 0 Å². The lowest BCUT2D eigenvalue weighted by molar-refractivity contribution is -0.116. The highest BCUT2D eigenvalue weighted by Gasteiger charge is 2.30. The number of rotatable bonds is 4. The zero-order valence-electron chi connectivity index (χ0n) is 8.97. The molecule has 0 aliphatic heterocycles. The molecule has 1 aromatic rings. The highest BCUT2D eigenvalue weighted by molar-refractivity contribution is 8.00. The van der Waals surface area contributed by atoms with Gasteiger partial charge in [-0.2, -0.15) is 13.2 Å². The molecule has 0 aliphatic rings. The largest absolute Gasteiger partial charge is 0.446 e. The number of carbonyl (C=O) groups excluding carboxylic acids is 1. The molecule has 0 fully saturated rings. The summed E-state index contributed by atoms with van der Waals surface area (Å²) in [6.07, 6.45) is -0.0673. The van der Waals surface area contributed by atoms with Crippen LogP contribution in [0, 0.1) is 6.92 Å². The van der Waals surface area contributed by atoms with Crippen LogP contribution in [0.4, 0.5) is 13.2 Å². The first-order valence-electron chi connectivity index (χ1n) is 4.75. The van der Waals surface area contributed by atoms with E-state index in [1.165, 1.54) is 12.1 Å². The Hall–Kier alpha value is -0.680. The standard InChI is InChI=1S/C11H10ClF3OS/c1-7-2-3-8(5-9(16)6-12)10(4-7)17-11(13,14)15/h2-4H,5-6H2,1H3. The Kier molecular flexibility index (Phi) is 4.89. The molecule has 94 valence electrons. The number of Topliss-reactive ketones (excluding diaryl/α,β-unsaturated/α-hetero) is 1. The molecule has 17 heavy (non-hydrogen) atoms. The maximum atomic E-state index is 12.3. The fourth-order valence-corrected chi connectivity index (χ4v) is 2.15. The number of hydrogen-bond acceptors (Lipinski definition) is 2. The average molecular weight is 283 g/mol. The van der Waals surface area contributed by atoms with Crippen molar-refractivity contribution in [3.63, 3.8) is 0 Å². The monoisotopic (exact) mass is 282 g/mol. The summed E-state index contributed by atoms with van der Waals surface area (Å²) in [5, 5.41) is 0. The first-order valence-corrected chi connectivity index (χ1v) is 6.10. The van der Waals surface area contributed by atoms with Crippen LogP contribution in [0.2, 0.25) is 0 Å². The molecule has 0 amide bonds. The van der Waals surface area contributed by atoms with Crippen molar-refractivity contribution in [2.75, 3.05) is 5.88 Å². The lowest BCUT2D eigenvalue weighted by atomic mass is 10.1. The molecule has 0 unspecified atom stereocenters. The van der Waals surface area contributed by atoms with Gasteiger partial charge in [-0.05, 0) is 35.9 Å². The van der Waals surface area contributed by atoms with E-state index in [2.05, 4.69) is 0 Å². The van der Waals surface area contributed by atoms with Crippen LogP contribution in [0.3, 0.4) is 0 Å². The number of carbonyl (C=O) groups is 1. The Morgan fingerprint density at radius 3 is 2.59 bits per heavy atom. The van der Waals surface area contributed by atoms with Crippen LogP contribution < -0.4 is 0 Å².